The number of aromatic nitrogens is 2. The molecule has 4 rings (SSSR count). The van der Waals surface area contributed by atoms with E-state index in [0.29, 0.717) is 12.3 Å². The molecule has 1 fully saturated rings. The first kappa shape index (κ1) is 16.8. The number of anilines is 1. The summed E-state index contributed by atoms with van der Waals surface area (Å²) in [6.45, 7) is 3.02. The van der Waals surface area contributed by atoms with Crippen molar-refractivity contribution in [3.05, 3.63) is 65.9 Å². The largest absolute Gasteiger partial charge is 0.459 e. The lowest BCUT2D eigenvalue weighted by atomic mass is 10.1. The van der Waals surface area contributed by atoms with Crippen molar-refractivity contribution in [3.8, 4) is 0 Å². The van der Waals surface area contributed by atoms with Gasteiger partial charge in [-0.3, -0.25) is 4.79 Å². The maximum absolute atomic E-state index is 12.5. The predicted octanol–water partition coefficient (Wildman–Crippen LogP) is 3.07. The number of rotatable bonds is 4. The zero-order valence-electron chi connectivity index (χ0n) is 14.4. The van der Waals surface area contributed by atoms with Crippen LogP contribution in [0.5, 0.6) is 0 Å². The van der Waals surface area contributed by atoms with Crippen LogP contribution in [-0.4, -0.2) is 46.3 Å². The number of furan rings is 1. The molecule has 0 radical (unpaired) electrons. The fourth-order valence-electron chi connectivity index (χ4n) is 3.09. The van der Waals surface area contributed by atoms with Crippen LogP contribution < -0.4 is 4.90 Å². The van der Waals surface area contributed by atoms with Gasteiger partial charge in [0.2, 0.25) is 5.13 Å². The quantitative estimate of drug-likeness (QED) is 0.708. The van der Waals surface area contributed by atoms with Crippen molar-refractivity contribution in [2.24, 2.45) is 0 Å². The van der Waals surface area contributed by atoms with E-state index in [-0.39, 0.29) is 5.91 Å². The molecule has 2 aromatic heterocycles. The van der Waals surface area contributed by atoms with E-state index in [1.807, 2.05) is 23.1 Å². The van der Waals surface area contributed by atoms with Gasteiger partial charge in [0.05, 0.1) is 6.26 Å². The summed E-state index contributed by atoms with van der Waals surface area (Å²) in [6, 6.07) is 13.7. The zero-order chi connectivity index (χ0) is 17.8. The van der Waals surface area contributed by atoms with Crippen molar-refractivity contribution in [1.82, 2.24) is 14.3 Å². The topological polar surface area (TPSA) is 62.5 Å². The molecule has 0 unspecified atom stereocenters. The number of hydrogen-bond donors (Lipinski definition) is 0. The van der Waals surface area contributed by atoms with Gasteiger partial charge in [0.15, 0.2) is 5.76 Å². The fraction of sp³-hybridized carbons (Fsp3) is 0.316. The lowest BCUT2D eigenvalue weighted by Crippen LogP contribution is -2.35. The SMILES string of the molecule is O=C(c1ccco1)N1CCCN(c2nc(Cc3ccccc3)ns2)CC1. The fourth-order valence-corrected chi connectivity index (χ4v) is 3.83. The molecule has 1 aliphatic heterocycles. The van der Waals surface area contributed by atoms with Crippen molar-refractivity contribution < 1.29 is 9.21 Å². The van der Waals surface area contributed by atoms with Crippen LogP contribution in [0.3, 0.4) is 0 Å². The van der Waals surface area contributed by atoms with Gasteiger partial charge in [0.25, 0.3) is 5.91 Å². The molecular formula is C19H20N4O2S. The van der Waals surface area contributed by atoms with Gasteiger partial charge in [0.1, 0.15) is 5.82 Å². The van der Waals surface area contributed by atoms with Crippen molar-refractivity contribution >= 4 is 22.6 Å². The summed E-state index contributed by atoms with van der Waals surface area (Å²) < 4.78 is 9.74. The van der Waals surface area contributed by atoms with Gasteiger partial charge < -0.3 is 14.2 Å². The van der Waals surface area contributed by atoms with E-state index in [0.717, 1.165) is 43.4 Å². The Kier molecular flexibility index (Phi) is 4.97. The monoisotopic (exact) mass is 368 g/mol. The number of carbonyl (C=O) groups is 1. The van der Waals surface area contributed by atoms with Crippen molar-refractivity contribution in [2.45, 2.75) is 12.8 Å². The third-order valence-electron chi connectivity index (χ3n) is 4.45. The highest BCUT2D eigenvalue weighted by molar-refractivity contribution is 7.09. The van der Waals surface area contributed by atoms with E-state index in [1.54, 1.807) is 12.1 Å². The molecule has 1 saturated heterocycles. The number of nitrogens with zero attached hydrogens (tertiary/aromatic N) is 4. The molecule has 0 spiro atoms. The van der Waals surface area contributed by atoms with E-state index in [1.165, 1.54) is 23.4 Å². The van der Waals surface area contributed by atoms with Gasteiger partial charge >= 0.3 is 0 Å². The highest BCUT2D eigenvalue weighted by atomic mass is 32.1. The van der Waals surface area contributed by atoms with Gasteiger partial charge in [-0.05, 0) is 24.1 Å². The number of benzene rings is 1. The maximum Gasteiger partial charge on any atom is 0.289 e. The highest BCUT2D eigenvalue weighted by Gasteiger charge is 2.23. The van der Waals surface area contributed by atoms with E-state index < -0.39 is 0 Å². The van der Waals surface area contributed by atoms with E-state index in [4.69, 9.17) is 9.40 Å². The summed E-state index contributed by atoms with van der Waals surface area (Å²) in [4.78, 5) is 21.2. The molecule has 26 heavy (non-hydrogen) atoms. The molecule has 1 aromatic carbocycles. The molecule has 0 saturated carbocycles. The van der Waals surface area contributed by atoms with Crippen LogP contribution in [0.1, 0.15) is 28.4 Å². The minimum Gasteiger partial charge on any atom is -0.459 e. The number of carbonyl (C=O) groups excluding carboxylic acids is 1. The van der Waals surface area contributed by atoms with E-state index in [2.05, 4.69) is 21.4 Å². The van der Waals surface area contributed by atoms with Crippen molar-refractivity contribution in [1.29, 1.82) is 0 Å². The molecule has 0 bridgehead atoms. The second kappa shape index (κ2) is 7.70. The van der Waals surface area contributed by atoms with Crippen LogP contribution in [0.2, 0.25) is 0 Å². The average Bonchev–Trinajstić information content (AvgIpc) is 3.30. The van der Waals surface area contributed by atoms with Crippen LogP contribution in [0.25, 0.3) is 0 Å². The number of amides is 1. The second-order valence-electron chi connectivity index (χ2n) is 6.27. The Bertz CT molecular complexity index is 848. The molecule has 3 heterocycles. The maximum atomic E-state index is 12.5. The van der Waals surface area contributed by atoms with E-state index in [9.17, 15) is 4.79 Å². The molecule has 7 heteroatoms. The van der Waals surface area contributed by atoms with Crippen molar-refractivity contribution in [2.75, 3.05) is 31.1 Å². The van der Waals surface area contributed by atoms with Gasteiger partial charge in [0, 0.05) is 44.1 Å². The Balaban J connectivity index is 1.39. The molecule has 3 aromatic rings. The van der Waals surface area contributed by atoms with Crippen LogP contribution >= 0.6 is 11.5 Å². The first-order chi connectivity index (χ1) is 12.8. The van der Waals surface area contributed by atoms with Crippen LogP contribution in [0, 0.1) is 0 Å². The summed E-state index contributed by atoms with van der Waals surface area (Å²) in [6.07, 6.45) is 3.18. The Morgan fingerprint density at radius 1 is 1.08 bits per heavy atom. The first-order valence-electron chi connectivity index (χ1n) is 8.74. The normalized spacial score (nSPS) is 15.1. The smallest absolute Gasteiger partial charge is 0.289 e. The third kappa shape index (κ3) is 3.77. The molecular weight excluding hydrogens is 348 g/mol. The minimum absolute atomic E-state index is 0.0427. The summed E-state index contributed by atoms with van der Waals surface area (Å²) in [7, 11) is 0. The lowest BCUT2D eigenvalue weighted by Gasteiger charge is -2.20. The minimum atomic E-state index is -0.0427. The molecule has 0 aliphatic carbocycles. The van der Waals surface area contributed by atoms with Gasteiger partial charge in [-0.15, -0.1) is 0 Å². The molecule has 1 amide bonds. The molecule has 0 N–H and O–H groups in total. The summed E-state index contributed by atoms with van der Waals surface area (Å²) >= 11 is 1.43. The lowest BCUT2D eigenvalue weighted by molar-refractivity contribution is 0.0735. The average molecular weight is 368 g/mol. The summed E-state index contributed by atoms with van der Waals surface area (Å²) in [5.41, 5.74) is 1.21. The van der Waals surface area contributed by atoms with Gasteiger partial charge in [-0.25, -0.2) is 4.98 Å². The molecule has 134 valence electrons. The molecule has 6 nitrogen and oxygen atoms in total. The van der Waals surface area contributed by atoms with Crippen LogP contribution in [0.4, 0.5) is 5.13 Å². The Morgan fingerprint density at radius 3 is 2.77 bits per heavy atom. The highest BCUT2D eigenvalue weighted by Crippen LogP contribution is 2.21. The predicted molar refractivity (Wildman–Crippen MR) is 101 cm³/mol. The number of hydrogen-bond acceptors (Lipinski definition) is 6. The standard InChI is InChI=1S/C19H20N4O2S/c24-18(16-8-4-13-25-16)22-9-5-10-23(12-11-22)19-20-17(21-26-19)14-15-6-2-1-3-7-15/h1-4,6-8,13H,5,9-12,14H2. The Morgan fingerprint density at radius 2 is 1.96 bits per heavy atom. The van der Waals surface area contributed by atoms with Gasteiger partial charge in [-0.1, -0.05) is 30.3 Å². The van der Waals surface area contributed by atoms with E-state index >= 15 is 0 Å². The third-order valence-corrected chi connectivity index (χ3v) is 5.26. The summed E-state index contributed by atoms with van der Waals surface area (Å²) in [5.74, 6) is 1.21. The van der Waals surface area contributed by atoms with Crippen LogP contribution in [0.15, 0.2) is 53.1 Å². The van der Waals surface area contributed by atoms with Crippen molar-refractivity contribution in [3.63, 3.8) is 0 Å². The summed E-state index contributed by atoms with van der Waals surface area (Å²) in [5, 5.41) is 0.934. The van der Waals surface area contributed by atoms with Gasteiger partial charge in [-0.2, -0.15) is 4.37 Å². The zero-order valence-corrected chi connectivity index (χ0v) is 15.2. The molecule has 1 aliphatic rings. The second-order valence-corrected chi connectivity index (χ2v) is 7.00. The Hall–Kier alpha value is -2.67. The Labute approximate surface area is 156 Å². The van der Waals surface area contributed by atoms with Crippen LogP contribution in [-0.2, 0) is 6.42 Å². The first-order valence-corrected chi connectivity index (χ1v) is 9.51. The molecule has 0 atom stereocenters.